The quantitative estimate of drug-likeness (QED) is 0.788. The molecule has 1 fully saturated rings. The molecule has 1 saturated carbocycles. The summed E-state index contributed by atoms with van der Waals surface area (Å²) < 4.78 is 5.74. The molecule has 1 amide bonds. The van der Waals surface area contributed by atoms with Crippen LogP contribution in [0.1, 0.15) is 39.5 Å². The molecular weight excluding hydrogens is 266 g/mol. The lowest BCUT2D eigenvalue weighted by molar-refractivity contribution is -0.116. The molecule has 0 bridgehead atoms. The van der Waals surface area contributed by atoms with E-state index in [4.69, 9.17) is 16.2 Å². The monoisotopic (exact) mass is 291 g/mol. The molecule has 1 aromatic carbocycles. The summed E-state index contributed by atoms with van der Waals surface area (Å²) in [6, 6.07) is 6.03. The van der Waals surface area contributed by atoms with Gasteiger partial charge in [0.05, 0.1) is 24.0 Å². The van der Waals surface area contributed by atoms with Crippen molar-refractivity contribution < 1.29 is 9.53 Å². The Kier molecular flexibility index (Phi) is 4.94. The van der Waals surface area contributed by atoms with Crippen LogP contribution in [0.5, 0.6) is 5.75 Å². The average Bonchev–Trinajstić information content (AvgIpc) is 2.92. The minimum absolute atomic E-state index is 0.0543. The van der Waals surface area contributed by atoms with E-state index in [2.05, 4.69) is 0 Å². The molecule has 116 valence electrons. The smallest absolute Gasteiger partial charge is 0.236 e. The largest absolute Gasteiger partial charge is 0.489 e. The van der Waals surface area contributed by atoms with Gasteiger partial charge in [0.25, 0.3) is 0 Å². The highest BCUT2D eigenvalue weighted by molar-refractivity contribution is 5.83. The molecule has 5 nitrogen and oxygen atoms in total. The molecule has 1 aliphatic rings. The van der Waals surface area contributed by atoms with E-state index >= 15 is 0 Å². The van der Waals surface area contributed by atoms with Crippen molar-refractivity contribution in [2.24, 2.45) is 5.73 Å². The van der Waals surface area contributed by atoms with Crippen LogP contribution < -0.4 is 21.1 Å². The second-order valence-electron chi connectivity index (χ2n) is 5.89. The van der Waals surface area contributed by atoms with Gasteiger partial charge in [0.15, 0.2) is 0 Å². The predicted octanol–water partition coefficient (Wildman–Crippen LogP) is 2.29. The number of hydrogen-bond acceptors (Lipinski definition) is 4. The fourth-order valence-corrected chi connectivity index (χ4v) is 2.93. The number of nitrogen functional groups attached to an aromatic ring is 1. The van der Waals surface area contributed by atoms with Gasteiger partial charge in [-0.3, -0.25) is 4.79 Å². The zero-order chi connectivity index (χ0) is 15.4. The van der Waals surface area contributed by atoms with Crippen LogP contribution in [0, 0.1) is 0 Å². The molecule has 0 heterocycles. The SMILES string of the molecule is CC(C)Oc1cccc(N(CC(N)=O)C2CCCC2)c1N. The molecule has 0 atom stereocenters. The third-order valence-corrected chi connectivity index (χ3v) is 3.81. The van der Waals surface area contributed by atoms with Crippen molar-refractivity contribution in [2.45, 2.75) is 51.7 Å². The molecule has 1 aromatic rings. The molecule has 0 radical (unpaired) electrons. The number of rotatable bonds is 6. The lowest BCUT2D eigenvalue weighted by Gasteiger charge is -2.31. The van der Waals surface area contributed by atoms with Gasteiger partial charge in [-0.15, -0.1) is 0 Å². The molecule has 0 saturated heterocycles. The van der Waals surface area contributed by atoms with Gasteiger partial charge in [0, 0.05) is 6.04 Å². The summed E-state index contributed by atoms with van der Waals surface area (Å²) in [5.41, 5.74) is 13.1. The van der Waals surface area contributed by atoms with Crippen molar-refractivity contribution in [1.29, 1.82) is 0 Å². The van der Waals surface area contributed by atoms with Crippen LogP contribution >= 0.6 is 0 Å². The Morgan fingerprint density at radius 3 is 2.62 bits per heavy atom. The maximum absolute atomic E-state index is 11.4. The highest BCUT2D eigenvalue weighted by Gasteiger charge is 2.26. The van der Waals surface area contributed by atoms with Crippen molar-refractivity contribution in [3.05, 3.63) is 18.2 Å². The van der Waals surface area contributed by atoms with E-state index < -0.39 is 0 Å². The number of carbonyl (C=O) groups is 1. The number of ether oxygens (including phenoxy) is 1. The zero-order valence-corrected chi connectivity index (χ0v) is 12.8. The van der Waals surface area contributed by atoms with E-state index in [1.165, 1.54) is 12.8 Å². The first-order chi connectivity index (χ1) is 9.99. The van der Waals surface area contributed by atoms with Gasteiger partial charge in [-0.2, -0.15) is 0 Å². The number of benzene rings is 1. The Morgan fingerprint density at radius 2 is 2.05 bits per heavy atom. The zero-order valence-electron chi connectivity index (χ0n) is 12.8. The third kappa shape index (κ3) is 3.80. The number of nitrogens with two attached hydrogens (primary N) is 2. The van der Waals surface area contributed by atoms with E-state index in [0.29, 0.717) is 17.5 Å². The number of carbonyl (C=O) groups excluding carboxylic acids is 1. The van der Waals surface area contributed by atoms with Crippen LogP contribution in [0.4, 0.5) is 11.4 Å². The first-order valence-corrected chi connectivity index (χ1v) is 7.59. The van der Waals surface area contributed by atoms with Gasteiger partial charge >= 0.3 is 0 Å². The summed E-state index contributed by atoms with van der Waals surface area (Å²) in [5, 5.41) is 0. The lowest BCUT2D eigenvalue weighted by atomic mass is 10.1. The van der Waals surface area contributed by atoms with Crippen LogP contribution in [0.2, 0.25) is 0 Å². The van der Waals surface area contributed by atoms with E-state index in [9.17, 15) is 4.79 Å². The molecule has 4 N–H and O–H groups in total. The fourth-order valence-electron chi connectivity index (χ4n) is 2.93. The second-order valence-corrected chi connectivity index (χ2v) is 5.89. The number of hydrogen-bond donors (Lipinski definition) is 2. The number of anilines is 2. The molecule has 1 aliphatic carbocycles. The van der Waals surface area contributed by atoms with Crippen LogP contribution in [-0.2, 0) is 4.79 Å². The van der Waals surface area contributed by atoms with Crippen LogP contribution in [0.15, 0.2) is 18.2 Å². The van der Waals surface area contributed by atoms with Gasteiger partial charge in [-0.05, 0) is 38.8 Å². The van der Waals surface area contributed by atoms with Crippen LogP contribution in [-0.4, -0.2) is 24.6 Å². The van der Waals surface area contributed by atoms with E-state index in [1.807, 2.05) is 36.9 Å². The van der Waals surface area contributed by atoms with Crippen molar-refractivity contribution in [3.8, 4) is 5.75 Å². The van der Waals surface area contributed by atoms with Gasteiger partial charge in [-0.1, -0.05) is 18.9 Å². The molecule has 0 unspecified atom stereocenters. The van der Waals surface area contributed by atoms with Crippen molar-refractivity contribution in [1.82, 2.24) is 0 Å². The van der Waals surface area contributed by atoms with Gasteiger partial charge in [0.1, 0.15) is 5.75 Å². The molecule has 0 spiro atoms. The van der Waals surface area contributed by atoms with Gasteiger partial charge < -0.3 is 21.1 Å². The number of amides is 1. The Hall–Kier alpha value is -1.91. The standard InChI is InChI=1S/C16H25N3O2/c1-11(2)21-14-9-5-8-13(16(14)18)19(10-15(17)20)12-6-3-4-7-12/h5,8-9,11-12H,3-4,6-7,10,18H2,1-2H3,(H2,17,20). The average molecular weight is 291 g/mol. The van der Waals surface area contributed by atoms with Crippen molar-refractivity contribution >= 4 is 17.3 Å². The molecule has 0 aliphatic heterocycles. The molecule has 21 heavy (non-hydrogen) atoms. The first kappa shape index (κ1) is 15.5. The van der Waals surface area contributed by atoms with Crippen LogP contribution in [0.3, 0.4) is 0 Å². The summed E-state index contributed by atoms with van der Waals surface area (Å²) in [6.07, 6.45) is 4.56. The summed E-state index contributed by atoms with van der Waals surface area (Å²) in [6.45, 7) is 4.12. The topological polar surface area (TPSA) is 81.6 Å². The lowest BCUT2D eigenvalue weighted by Crippen LogP contribution is -2.40. The number of primary amides is 1. The Labute approximate surface area is 126 Å². The normalized spacial score (nSPS) is 15.4. The molecule has 0 aromatic heterocycles. The van der Waals surface area contributed by atoms with Crippen LogP contribution in [0.25, 0.3) is 0 Å². The van der Waals surface area contributed by atoms with Gasteiger partial charge in [0.2, 0.25) is 5.91 Å². The highest BCUT2D eigenvalue weighted by atomic mass is 16.5. The summed E-state index contributed by atoms with van der Waals surface area (Å²) in [7, 11) is 0. The Morgan fingerprint density at radius 1 is 1.38 bits per heavy atom. The second kappa shape index (κ2) is 6.70. The van der Waals surface area contributed by atoms with E-state index in [1.54, 1.807) is 0 Å². The fraction of sp³-hybridized carbons (Fsp3) is 0.562. The highest BCUT2D eigenvalue weighted by Crippen LogP contribution is 2.36. The maximum atomic E-state index is 11.4. The van der Waals surface area contributed by atoms with Gasteiger partial charge in [-0.25, -0.2) is 0 Å². The Bertz CT molecular complexity index is 496. The summed E-state index contributed by atoms with van der Waals surface area (Å²) in [4.78, 5) is 13.5. The van der Waals surface area contributed by atoms with E-state index in [-0.39, 0.29) is 18.6 Å². The third-order valence-electron chi connectivity index (χ3n) is 3.81. The minimum Gasteiger partial charge on any atom is -0.489 e. The predicted molar refractivity (Wildman–Crippen MR) is 85.4 cm³/mol. The number of para-hydroxylation sites is 1. The Balaban J connectivity index is 2.32. The summed E-state index contributed by atoms with van der Waals surface area (Å²) in [5.74, 6) is 0.325. The molecule has 2 rings (SSSR count). The van der Waals surface area contributed by atoms with Crippen molar-refractivity contribution in [2.75, 3.05) is 17.2 Å². The molecular formula is C16H25N3O2. The van der Waals surface area contributed by atoms with Crippen molar-refractivity contribution in [3.63, 3.8) is 0 Å². The maximum Gasteiger partial charge on any atom is 0.236 e. The first-order valence-electron chi connectivity index (χ1n) is 7.59. The summed E-state index contributed by atoms with van der Waals surface area (Å²) >= 11 is 0. The number of nitrogens with zero attached hydrogens (tertiary/aromatic N) is 1. The van der Waals surface area contributed by atoms with E-state index in [0.717, 1.165) is 18.5 Å². The minimum atomic E-state index is -0.337. The molecule has 5 heteroatoms.